The Kier molecular flexibility index (Phi) is 8.97. The van der Waals surface area contributed by atoms with Crippen molar-refractivity contribution < 1.29 is 19.1 Å². The SMILES string of the molecule is CC(C)CC(C(=O)N1CCC2(C[C@@H]1C)OCC(CN1CCC3(CC1)CC3)CO2)N1CCN[C@@H](CC(C)C)C1=O. The molecule has 5 aliphatic rings. The van der Waals surface area contributed by atoms with E-state index in [1.807, 2.05) is 9.80 Å². The summed E-state index contributed by atoms with van der Waals surface area (Å²) >= 11 is 0. The van der Waals surface area contributed by atoms with Crippen LogP contribution in [0.3, 0.4) is 0 Å². The van der Waals surface area contributed by atoms with Gasteiger partial charge in [-0.2, -0.15) is 0 Å². The molecule has 222 valence electrons. The third kappa shape index (κ3) is 6.82. The van der Waals surface area contributed by atoms with Crippen LogP contribution in [0.15, 0.2) is 0 Å². The maximum Gasteiger partial charge on any atom is 0.245 e. The molecule has 0 aromatic carbocycles. The van der Waals surface area contributed by atoms with Crippen LogP contribution in [0.4, 0.5) is 0 Å². The van der Waals surface area contributed by atoms with Crippen molar-refractivity contribution in [3.05, 3.63) is 0 Å². The summed E-state index contributed by atoms with van der Waals surface area (Å²) in [6, 6.07) is -0.582. The summed E-state index contributed by atoms with van der Waals surface area (Å²) in [6.45, 7) is 17.6. The predicted octanol–water partition coefficient (Wildman–Crippen LogP) is 3.49. The first kappa shape index (κ1) is 29.3. The minimum Gasteiger partial charge on any atom is -0.349 e. The molecule has 0 aromatic rings. The molecule has 1 N–H and O–H groups in total. The number of carbonyl (C=O) groups is 2. The summed E-state index contributed by atoms with van der Waals surface area (Å²) in [5.41, 5.74) is 0.712. The summed E-state index contributed by atoms with van der Waals surface area (Å²) in [6.07, 6.45) is 8.50. The van der Waals surface area contributed by atoms with E-state index >= 15 is 0 Å². The number of ether oxygens (including phenoxy) is 2. The van der Waals surface area contributed by atoms with Crippen LogP contribution in [0.1, 0.15) is 86.0 Å². The van der Waals surface area contributed by atoms with Gasteiger partial charge in [0, 0.05) is 51.0 Å². The Morgan fingerprint density at radius 2 is 1.67 bits per heavy atom. The number of nitrogens with one attached hydrogen (secondary N) is 1. The van der Waals surface area contributed by atoms with E-state index in [9.17, 15) is 9.59 Å². The number of rotatable bonds is 8. The van der Waals surface area contributed by atoms with E-state index in [0.29, 0.717) is 55.5 Å². The lowest BCUT2D eigenvalue weighted by Crippen LogP contribution is -2.64. The fraction of sp³-hybridized carbons (Fsp3) is 0.935. The second kappa shape index (κ2) is 11.9. The molecule has 1 saturated carbocycles. The van der Waals surface area contributed by atoms with Gasteiger partial charge in [-0.15, -0.1) is 0 Å². The van der Waals surface area contributed by atoms with Crippen molar-refractivity contribution in [1.29, 1.82) is 0 Å². The molecular weight excluding hydrogens is 492 g/mol. The lowest BCUT2D eigenvalue weighted by molar-refractivity contribution is -0.303. The Bertz CT molecular complexity index is 857. The molecule has 0 radical (unpaired) electrons. The predicted molar refractivity (Wildman–Crippen MR) is 152 cm³/mol. The largest absolute Gasteiger partial charge is 0.349 e. The first-order valence-corrected chi connectivity index (χ1v) is 15.9. The summed E-state index contributed by atoms with van der Waals surface area (Å²) in [7, 11) is 0. The maximum absolute atomic E-state index is 14.0. The van der Waals surface area contributed by atoms with Crippen molar-refractivity contribution >= 4 is 11.8 Å². The summed E-state index contributed by atoms with van der Waals surface area (Å²) in [5.74, 6) is 0.777. The van der Waals surface area contributed by atoms with Crippen molar-refractivity contribution in [1.82, 2.24) is 20.0 Å². The van der Waals surface area contributed by atoms with Gasteiger partial charge in [0.2, 0.25) is 11.8 Å². The molecule has 1 aliphatic carbocycles. The molecule has 4 heterocycles. The van der Waals surface area contributed by atoms with Gasteiger partial charge < -0.3 is 29.5 Å². The number of likely N-dealkylation sites (tertiary alicyclic amines) is 2. The van der Waals surface area contributed by atoms with Gasteiger partial charge in [-0.25, -0.2) is 0 Å². The molecule has 0 aromatic heterocycles. The van der Waals surface area contributed by atoms with Gasteiger partial charge in [-0.3, -0.25) is 9.59 Å². The molecule has 5 rings (SSSR count). The van der Waals surface area contributed by atoms with Crippen molar-refractivity contribution in [3.63, 3.8) is 0 Å². The van der Waals surface area contributed by atoms with Gasteiger partial charge in [0.1, 0.15) is 6.04 Å². The zero-order valence-corrected chi connectivity index (χ0v) is 25.3. The lowest BCUT2D eigenvalue weighted by Gasteiger charge is -2.50. The number of hydrogen-bond donors (Lipinski definition) is 1. The van der Waals surface area contributed by atoms with Gasteiger partial charge in [-0.05, 0) is 75.8 Å². The quantitative estimate of drug-likeness (QED) is 0.503. The van der Waals surface area contributed by atoms with Gasteiger partial charge in [-0.1, -0.05) is 27.7 Å². The Morgan fingerprint density at radius 3 is 2.26 bits per heavy atom. The van der Waals surface area contributed by atoms with E-state index in [4.69, 9.17) is 9.47 Å². The lowest BCUT2D eigenvalue weighted by atomic mass is 9.91. The topological polar surface area (TPSA) is 74.4 Å². The molecule has 0 bridgehead atoms. The third-order valence-corrected chi connectivity index (χ3v) is 10.1. The maximum atomic E-state index is 14.0. The second-order valence-corrected chi connectivity index (χ2v) is 14.3. The van der Waals surface area contributed by atoms with Gasteiger partial charge in [0.15, 0.2) is 5.79 Å². The van der Waals surface area contributed by atoms with Crippen molar-refractivity contribution in [2.45, 2.75) is 110 Å². The second-order valence-electron chi connectivity index (χ2n) is 14.3. The van der Waals surface area contributed by atoms with E-state index in [0.717, 1.165) is 32.7 Å². The van der Waals surface area contributed by atoms with E-state index in [1.165, 1.54) is 38.8 Å². The highest BCUT2D eigenvalue weighted by Gasteiger charge is 2.48. The van der Waals surface area contributed by atoms with Gasteiger partial charge in [0.25, 0.3) is 0 Å². The number of amides is 2. The van der Waals surface area contributed by atoms with Crippen LogP contribution in [0.5, 0.6) is 0 Å². The number of piperidine rings is 2. The van der Waals surface area contributed by atoms with E-state index in [-0.39, 0.29) is 23.9 Å². The molecule has 39 heavy (non-hydrogen) atoms. The first-order valence-electron chi connectivity index (χ1n) is 15.9. The molecule has 5 fully saturated rings. The van der Waals surface area contributed by atoms with E-state index in [1.54, 1.807) is 0 Å². The molecule has 8 heteroatoms. The molecule has 8 nitrogen and oxygen atoms in total. The van der Waals surface area contributed by atoms with E-state index < -0.39 is 11.8 Å². The summed E-state index contributed by atoms with van der Waals surface area (Å²) in [4.78, 5) is 34.0. The minimum absolute atomic E-state index is 0.0127. The normalized spacial score (nSPS) is 34.3. The van der Waals surface area contributed by atoms with Crippen LogP contribution in [0, 0.1) is 23.2 Å². The van der Waals surface area contributed by atoms with Gasteiger partial charge in [0.05, 0.1) is 19.3 Å². The third-order valence-electron chi connectivity index (χ3n) is 10.1. The minimum atomic E-state index is -0.576. The zero-order valence-electron chi connectivity index (χ0n) is 25.3. The number of hydrogen-bond acceptors (Lipinski definition) is 6. The van der Waals surface area contributed by atoms with Crippen LogP contribution in [0.25, 0.3) is 0 Å². The Labute approximate surface area is 236 Å². The zero-order chi connectivity index (χ0) is 27.8. The molecule has 4 saturated heterocycles. The highest BCUT2D eigenvalue weighted by atomic mass is 16.7. The van der Waals surface area contributed by atoms with Crippen LogP contribution >= 0.6 is 0 Å². The molecule has 1 unspecified atom stereocenters. The summed E-state index contributed by atoms with van der Waals surface area (Å²) in [5, 5.41) is 3.39. The number of carbonyl (C=O) groups excluding carboxylic acids is 2. The van der Waals surface area contributed by atoms with Gasteiger partial charge >= 0.3 is 0 Å². The van der Waals surface area contributed by atoms with Crippen molar-refractivity contribution in [3.8, 4) is 0 Å². The average Bonchev–Trinajstić information content (AvgIpc) is 3.65. The fourth-order valence-corrected chi connectivity index (χ4v) is 7.47. The van der Waals surface area contributed by atoms with E-state index in [2.05, 4.69) is 44.8 Å². The molecule has 3 atom stereocenters. The highest BCUT2D eigenvalue weighted by molar-refractivity contribution is 5.90. The smallest absolute Gasteiger partial charge is 0.245 e. The Balaban J connectivity index is 1.15. The van der Waals surface area contributed by atoms with Crippen LogP contribution < -0.4 is 5.32 Å². The standard InChI is InChI=1S/C31H54N4O4/c1-22(2)16-26-28(36)35(15-11-32-26)27(17-23(3)4)29(37)34-14-10-31(18-24(34)5)38-20-25(21-39-31)19-33-12-8-30(6-7-30)9-13-33/h22-27,32H,6-21H2,1-5H3/t24-,25?,26-,27?,31?/m0/s1. The molecule has 2 spiro atoms. The molecular formula is C31H54N4O4. The Hall–Kier alpha value is -1.22. The number of nitrogens with zero attached hydrogens (tertiary/aromatic N) is 3. The summed E-state index contributed by atoms with van der Waals surface area (Å²) < 4.78 is 12.9. The fourth-order valence-electron chi connectivity index (χ4n) is 7.47. The average molecular weight is 547 g/mol. The van der Waals surface area contributed by atoms with Crippen LogP contribution in [0.2, 0.25) is 0 Å². The van der Waals surface area contributed by atoms with Crippen LogP contribution in [-0.4, -0.2) is 103 Å². The Morgan fingerprint density at radius 1 is 0.974 bits per heavy atom. The van der Waals surface area contributed by atoms with Crippen molar-refractivity contribution in [2.24, 2.45) is 23.2 Å². The molecule has 2 amide bonds. The monoisotopic (exact) mass is 546 g/mol. The van der Waals surface area contributed by atoms with Crippen LogP contribution in [-0.2, 0) is 19.1 Å². The number of piperazine rings is 1. The van der Waals surface area contributed by atoms with Crippen molar-refractivity contribution in [2.75, 3.05) is 52.5 Å². The highest BCUT2D eigenvalue weighted by Crippen LogP contribution is 2.53. The first-order chi connectivity index (χ1) is 18.6. The molecule has 4 aliphatic heterocycles.